The summed E-state index contributed by atoms with van der Waals surface area (Å²) in [5.41, 5.74) is 0.810. The summed E-state index contributed by atoms with van der Waals surface area (Å²) < 4.78 is 56.8. The SMILES string of the molecule is O=C(Nc1nc(-c2ccccc2OC(F)F)cs1)C1CCN(S(=O)(=O)c2ccccc2)CC1. The maximum atomic E-state index is 12.7. The largest absolute Gasteiger partial charge is 0.434 e. The van der Waals surface area contributed by atoms with Gasteiger partial charge >= 0.3 is 6.61 Å². The number of thiazole rings is 1. The van der Waals surface area contributed by atoms with Gasteiger partial charge in [-0.2, -0.15) is 13.1 Å². The minimum atomic E-state index is -3.58. The molecule has 1 aliphatic rings. The molecule has 0 bridgehead atoms. The number of hydrogen-bond donors (Lipinski definition) is 1. The van der Waals surface area contributed by atoms with Crippen LogP contribution in [0.3, 0.4) is 0 Å². The van der Waals surface area contributed by atoms with Crippen LogP contribution in [0.5, 0.6) is 5.75 Å². The fraction of sp³-hybridized carbons (Fsp3) is 0.273. The summed E-state index contributed by atoms with van der Waals surface area (Å²) in [6.07, 6.45) is 0.780. The fourth-order valence-corrected chi connectivity index (χ4v) is 5.84. The van der Waals surface area contributed by atoms with Crippen LogP contribution < -0.4 is 10.1 Å². The highest BCUT2D eigenvalue weighted by Gasteiger charge is 2.32. The molecule has 3 aromatic rings. The second kappa shape index (κ2) is 9.94. The lowest BCUT2D eigenvalue weighted by molar-refractivity contribution is -0.120. The molecular weight excluding hydrogens is 472 g/mol. The third kappa shape index (κ3) is 5.37. The van der Waals surface area contributed by atoms with Crippen molar-refractivity contribution in [1.82, 2.24) is 9.29 Å². The number of alkyl halides is 2. The van der Waals surface area contributed by atoms with Crippen molar-refractivity contribution in [2.45, 2.75) is 24.3 Å². The van der Waals surface area contributed by atoms with Gasteiger partial charge in [-0.05, 0) is 37.1 Å². The molecule has 0 radical (unpaired) electrons. The molecule has 11 heteroatoms. The van der Waals surface area contributed by atoms with Gasteiger partial charge in [0.15, 0.2) is 5.13 Å². The molecule has 174 valence electrons. The van der Waals surface area contributed by atoms with E-state index in [2.05, 4.69) is 15.0 Å². The zero-order valence-electron chi connectivity index (χ0n) is 17.4. The number of ether oxygens (including phenoxy) is 1. The first kappa shape index (κ1) is 23.3. The van der Waals surface area contributed by atoms with E-state index in [4.69, 9.17) is 0 Å². The quantitative estimate of drug-likeness (QED) is 0.525. The highest BCUT2D eigenvalue weighted by Crippen LogP contribution is 2.33. The van der Waals surface area contributed by atoms with Crippen LogP contribution in [0.2, 0.25) is 0 Å². The number of rotatable bonds is 7. The van der Waals surface area contributed by atoms with Crippen molar-refractivity contribution in [3.05, 3.63) is 60.0 Å². The van der Waals surface area contributed by atoms with Crippen molar-refractivity contribution in [3.63, 3.8) is 0 Å². The first-order valence-corrected chi connectivity index (χ1v) is 12.5. The molecule has 1 fully saturated rings. The molecule has 1 aliphatic heterocycles. The van der Waals surface area contributed by atoms with Crippen LogP contribution in [0.25, 0.3) is 11.3 Å². The summed E-state index contributed by atoms with van der Waals surface area (Å²) >= 11 is 1.17. The van der Waals surface area contributed by atoms with Gasteiger partial charge in [-0.15, -0.1) is 11.3 Å². The Morgan fingerprint density at radius 1 is 1.09 bits per heavy atom. The zero-order valence-corrected chi connectivity index (χ0v) is 19.0. The Kier molecular flexibility index (Phi) is 7.01. The number of amides is 1. The lowest BCUT2D eigenvalue weighted by Crippen LogP contribution is -2.41. The number of halogens is 2. The number of anilines is 1. The molecule has 7 nitrogen and oxygen atoms in total. The van der Waals surface area contributed by atoms with Crippen LogP contribution in [0.1, 0.15) is 12.8 Å². The lowest BCUT2D eigenvalue weighted by atomic mass is 9.97. The topological polar surface area (TPSA) is 88.6 Å². The number of piperidine rings is 1. The monoisotopic (exact) mass is 493 g/mol. The molecule has 0 saturated carbocycles. The van der Waals surface area contributed by atoms with Gasteiger partial charge in [0.1, 0.15) is 5.75 Å². The predicted octanol–water partition coefficient (Wildman–Crippen LogP) is 4.45. The number of benzene rings is 2. The van der Waals surface area contributed by atoms with Crippen LogP contribution in [-0.2, 0) is 14.8 Å². The van der Waals surface area contributed by atoms with Crippen molar-refractivity contribution in [2.75, 3.05) is 18.4 Å². The minimum absolute atomic E-state index is 0.00248. The number of carbonyl (C=O) groups is 1. The first-order valence-electron chi connectivity index (χ1n) is 10.2. The number of para-hydroxylation sites is 1. The Morgan fingerprint density at radius 3 is 2.45 bits per heavy atom. The van der Waals surface area contributed by atoms with Crippen LogP contribution in [0, 0.1) is 5.92 Å². The average molecular weight is 494 g/mol. The summed E-state index contributed by atoms with van der Waals surface area (Å²) in [4.78, 5) is 17.3. The Hall–Kier alpha value is -2.89. The molecule has 1 aromatic heterocycles. The molecule has 0 atom stereocenters. The van der Waals surface area contributed by atoms with Crippen LogP contribution in [0.4, 0.5) is 13.9 Å². The van der Waals surface area contributed by atoms with E-state index in [1.54, 1.807) is 53.9 Å². The molecule has 1 saturated heterocycles. The zero-order chi connectivity index (χ0) is 23.4. The van der Waals surface area contributed by atoms with Crippen LogP contribution in [0.15, 0.2) is 64.9 Å². The Labute approximate surface area is 194 Å². The predicted molar refractivity (Wildman–Crippen MR) is 121 cm³/mol. The molecule has 0 spiro atoms. The summed E-state index contributed by atoms with van der Waals surface area (Å²) in [6.45, 7) is -2.46. The van der Waals surface area contributed by atoms with E-state index in [1.807, 2.05) is 0 Å². The maximum absolute atomic E-state index is 12.7. The van der Waals surface area contributed by atoms with E-state index in [9.17, 15) is 22.0 Å². The van der Waals surface area contributed by atoms with E-state index in [-0.39, 0.29) is 35.6 Å². The molecule has 2 heterocycles. The van der Waals surface area contributed by atoms with Crippen molar-refractivity contribution in [1.29, 1.82) is 0 Å². The highest BCUT2D eigenvalue weighted by molar-refractivity contribution is 7.89. The molecular formula is C22H21F2N3O4S2. The number of nitrogens with one attached hydrogen (secondary N) is 1. The van der Waals surface area contributed by atoms with Crippen molar-refractivity contribution >= 4 is 32.4 Å². The van der Waals surface area contributed by atoms with Gasteiger partial charge in [-0.25, -0.2) is 13.4 Å². The normalized spacial score (nSPS) is 15.5. The number of carbonyl (C=O) groups excluding carboxylic acids is 1. The highest BCUT2D eigenvalue weighted by atomic mass is 32.2. The number of sulfonamides is 1. The van der Waals surface area contributed by atoms with E-state index < -0.39 is 16.6 Å². The lowest BCUT2D eigenvalue weighted by Gasteiger charge is -2.30. The van der Waals surface area contributed by atoms with E-state index in [0.717, 1.165) is 0 Å². The van der Waals surface area contributed by atoms with Gasteiger partial charge in [0.25, 0.3) is 0 Å². The number of nitrogens with zero attached hydrogens (tertiary/aromatic N) is 2. The second-order valence-electron chi connectivity index (χ2n) is 7.39. The van der Waals surface area contributed by atoms with E-state index >= 15 is 0 Å². The maximum Gasteiger partial charge on any atom is 0.387 e. The van der Waals surface area contributed by atoms with Crippen LogP contribution in [-0.4, -0.2) is 43.3 Å². The first-order chi connectivity index (χ1) is 15.8. The standard InChI is InChI=1S/C22H21F2N3O4S2/c23-21(24)31-19-9-5-4-8-17(19)18-14-32-22(25-18)26-20(28)15-10-12-27(13-11-15)33(29,30)16-6-2-1-3-7-16/h1-9,14-15,21H,10-13H2,(H,25,26,28). The Balaban J connectivity index is 1.38. The summed E-state index contributed by atoms with van der Waals surface area (Å²) in [7, 11) is -3.58. The van der Waals surface area contributed by atoms with Crippen LogP contribution >= 0.6 is 11.3 Å². The van der Waals surface area contributed by atoms with Crippen molar-refractivity contribution in [2.24, 2.45) is 5.92 Å². The van der Waals surface area contributed by atoms with Gasteiger partial charge in [0.2, 0.25) is 15.9 Å². The van der Waals surface area contributed by atoms with Gasteiger partial charge in [0.05, 0.1) is 10.6 Å². The fourth-order valence-electron chi connectivity index (χ4n) is 3.64. The molecule has 0 unspecified atom stereocenters. The van der Waals surface area contributed by atoms with Gasteiger partial charge in [-0.1, -0.05) is 30.3 Å². The van der Waals surface area contributed by atoms with Gasteiger partial charge in [0, 0.05) is 30.0 Å². The third-order valence-electron chi connectivity index (χ3n) is 5.32. The van der Waals surface area contributed by atoms with E-state index in [1.165, 1.54) is 21.7 Å². The smallest absolute Gasteiger partial charge is 0.387 e. The van der Waals surface area contributed by atoms with E-state index in [0.29, 0.717) is 29.2 Å². The number of hydrogen-bond acceptors (Lipinski definition) is 6. The summed E-state index contributed by atoms with van der Waals surface area (Å²) in [5.74, 6) is -0.596. The third-order valence-corrected chi connectivity index (χ3v) is 7.99. The summed E-state index contributed by atoms with van der Waals surface area (Å²) in [6, 6.07) is 14.5. The second-order valence-corrected chi connectivity index (χ2v) is 10.2. The molecule has 4 rings (SSSR count). The molecule has 1 N–H and O–H groups in total. The average Bonchev–Trinajstić information content (AvgIpc) is 3.28. The summed E-state index contributed by atoms with van der Waals surface area (Å²) in [5, 5.41) is 4.74. The van der Waals surface area contributed by atoms with Crippen molar-refractivity contribution in [3.8, 4) is 17.0 Å². The van der Waals surface area contributed by atoms with Gasteiger partial charge < -0.3 is 10.1 Å². The molecule has 2 aromatic carbocycles. The van der Waals surface area contributed by atoms with Gasteiger partial charge in [-0.3, -0.25) is 4.79 Å². The molecule has 0 aliphatic carbocycles. The Morgan fingerprint density at radius 2 is 1.76 bits per heavy atom. The number of aromatic nitrogens is 1. The van der Waals surface area contributed by atoms with Crippen molar-refractivity contribution < 1.29 is 26.7 Å². The molecule has 33 heavy (non-hydrogen) atoms. The minimum Gasteiger partial charge on any atom is -0.434 e. The molecule has 1 amide bonds. The Bertz CT molecular complexity index is 1210.